The normalized spacial score (nSPS) is 11.3. The Balaban J connectivity index is 1.66. The van der Waals surface area contributed by atoms with Crippen molar-refractivity contribution in [3.05, 3.63) is 108 Å². The van der Waals surface area contributed by atoms with Crippen LogP contribution in [0.15, 0.2) is 108 Å². The maximum Gasteiger partial charge on any atom is 0.160 e. The summed E-state index contributed by atoms with van der Waals surface area (Å²) in [6, 6.07) is 34.0. The van der Waals surface area contributed by atoms with Gasteiger partial charge >= 0.3 is 0 Å². The molecule has 2 heterocycles. The molecule has 0 aliphatic carbocycles. The molecule has 3 nitrogen and oxygen atoms in total. The van der Waals surface area contributed by atoms with Gasteiger partial charge in [-0.1, -0.05) is 84.4 Å². The first-order chi connectivity index (χ1) is 15.8. The molecule has 4 aromatic carbocycles. The summed E-state index contributed by atoms with van der Waals surface area (Å²) in [4.78, 5) is 9.86. The molecule has 0 saturated heterocycles. The molecule has 0 N–H and O–H groups in total. The van der Waals surface area contributed by atoms with E-state index in [0.29, 0.717) is 10.8 Å². The number of nitrogens with zero attached hydrogens (tertiary/aromatic N) is 2. The summed E-state index contributed by atoms with van der Waals surface area (Å²) in [6.07, 6.45) is 0. The van der Waals surface area contributed by atoms with E-state index in [9.17, 15) is 0 Å². The number of aromatic nitrogens is 2. The molecule has 6 aromatic rings. The topological polar surface area (TPSA) is 38.9 Å². The summed E-state index contributed by atoms with van der Waals surface area (Å²) < 4.78 is 6.10. The van der Waals surface area contributed by atoms with Gasteiger partial charge in [0.25, 0.3) is 0 Å². The van der Waals surface area contributed by atoms with Crippen LogP contribution in [0, 0.1) is 0 Å². The van der Waals surface area contributed by atoms with E-state index in [1.807, 2.05) is 84.9 Å². The zero-order chi connectivity index (χ0) is 21.5. The van der Waals surface area contributed by atoms with Crippen LogP contribution in [0.5, 0.6) is 0 Å². The van der Waals surface area contributed by atoms with Gasteiger partial charge in [0.05, 0.1) is 11.4 Å². The molecule has 0 amide bonds. The first-order valence-electron chi connectivity index (χ1n) is 10.4. The largest absolute Gasteiger partial charge is 0.456 e. The van der Waals surface area contributed by atoms with Crippen LogP contribution in [0.2, 0.25) is 5.02 Å². The van der Waals surface area contributed by atoms with Crippen LogP contribution in [0.1, 0.15) is 0 Å². The number of halogens is 1. The maximum absolute atomic E-state index is 6.32. The molecule has 0 atom stereocenters. The molecule has 32 heavy (non-hydrogen) atoms. The van der Waals surface area contributed by atoms with Crippen molar-refractivity contribution in [2.75, 3.05) is 0 Å². The Morgan fingerprint density at radius 3 is 2.09 bits per heavy atom. The Kier molecular flexibility index (Phi) is 4.48. The Labute approximate surface area is 190 Å². The second kappa shape index (κ2) is 7.63. The molecule has 0 saturated carbocycles. The van der Waals surface area contributed by atoms with Gasteiger partial charge in [0.2, 0.25) is 0 Å². The second-order valence-corrected chi connectivity index (χ2v) is 8.05. The number of fused-ring (bicyclic) bond motifs is 3. The number of furan rings is 1. The molecule has 0 radical (unpaired) electrons. The van der Waals surface area contributed by atoms with Crippen molar-refractivity contribution in [2.45, 2.75) is 0 Å². The van der Waals surface area contributed by atoms with Crippen molar-refractivity contribution in [1.82, 2.24) is 9.97 Å². The van der Waals surface area contributed by atoms with Gasteiger partial charge in [0.15, 0.2) is 5.82 Å². The van der Waals surface area contributed by atoms with Crippen molar-refractivity contribution in [2.24, 2.45) is 0 Å². The van der Waals surface area contributed by atoms with Gasteiger partial charge in [-0.15, -0.1) is 0 Å². The number of hydrogen-bond acceptors (Lipinski definition) is 3. The molecular formula is C28H17ClN2O. The van der Waals surface area contributed by atoms with E-state index in [4.69, 9.17) is 26.0 Å². The van der Waals surface area contributed by atoms with Crippen molar-refractivity contribution in [3.63, 3.8) is 0 Å². The van der Waals surface area contributed by atoms with Gasteiger partial charge in [-0.05, 0) is 30.3 Å². The third kappa shape index (κ3) is 3.24. The monoisotopic (exact) mass is 432 g/mol. The van der Waals surface area contributed by atoms with Crippen molar-refractivity contribution >= 4 is 33.5 Å². The van der Waals surface area contributed by atoms with E-state index in [1.54, 1.807) is 0 Å². The average molecular weight is 433 g/mol. The van der Waals surface area contributed by atoms with Gasteiger partial charge in [0, 0.05) is 32.5 Å². The summed E-state index contributed by atoms with van der Waals surface area (Å²) >= 11 is 6.32. The standard InChI is InChI=1S/C28H17ClN2O/c29-20-14-15-25-22(16-20)27-21(12-7-13-26(27)32-25)24-17-23(18-8-3-1-4-9-18)30-28(31-24)19-10-5-2-6-11-19/h1-17H. The molecule has 6 rings (SSSR count). The van der Waals surface area contributed by atoms with Crippen LogP contribution in [0.4, 0.5) is 0 Å². The van der Waals surface area contributed by atoms with Gasteiger partial charge in [-0.2, -0.15) is 0 Å². The van der Waals surface area contributed by atoms with Crippen LogP contribution < -0.4 is 0 Å². The minimum Gasteiger partial charge on any atom is -0.456 e. The summed E-state index contributed by atoms with van der Waals surface area (Å²) in [5.41, 5.74) is 6.32. The molecule has 0 aliphatic heterocycles. The summed E-state index contributed by atoms with van der Waals surface area (Å²) in [5, 5.41) is 2.65. The minimum atomic E-state index is 0.674. The third-order valence-corrected chi connectivity index (χ3v) is 5.80. The minimum absolute atomic E-state index is 0.674. The summed E-state index contributed by atoms with van der Waals surface area (Å²) in [6.45, 7) is 0. The fourth-order valence-corrected chi connectivity index (χ4v) is 4.24. The SMILES string of the molecule is Clc1ccc2oc3cccc(-c4cc(-c5ccccc5)nc(-c5ccccc5)n4)c3c2c1. The molecule has 0 unspecified atom stereocenters. The highest BCUT2D eigenvalue weighted by molar-refractivity contribution is 6.32. The molecule has 0 aliphatic rings. The molecule has 0 fully saturated rings. The lowest BCUT2D eigenvalue weighted by Crippen LogP contribution is -1.96. The number of rotatable bonds is 3. The van der Waals surface area contributed by atoms with E-state index in [2.05, 4.69) is 18.2 Å². The molecule has 2 aromatic heterocycles. The van der Waals surface area contributed by atoms with E-state index < -0.39 is 0 Å². The maximum atomic E-state index is 6.32. The molecule has 152 valence electrons. The average Bonchev–Trinajstić information content (AvgIpc) is 3.23. The van der Waals surface area contributed by atoms with Crippen LogP contribution in [-0.2, 0) is 0 Å². The smallest absolute Gasteiger partial charge is 0.160 e. The fourth-order valence-electron chi connectivity index (χ4n) is 4.07. The van der Waals surface area contributed by atoms with E-state index >= 15 is 0 Å². The molecule has 0 spiro atoms. The third-order valence-electron chi connectivity index (χ3n) is 5.56. The van der Waals surface area contributed by atoms with E-state index in [-0.39, 0.29) is 0 Å². The first-order valence-corrected chi connectivity index (χ1v) is 10.8. The van der Waals surface area contributed by atoms with E-state index in [1.165, 1.54) is 0 Å². The van der Waals surface area contributed by atoms with Gasteiger partial charge in [-0.3, -0.25) is 0 Å². The lowest BCUT2D eigenvalue weighted by Gasteiger charge is -2.10. The van der Waals surface area contributed by atoms with Crippen LogP contribution in [-0.4, -0.2) is 9.97 Å². The molecular weight excluding hydrogens is 416 g/mol. The lowest BCUT2D eigenvalue weighted by molar-refractivity contribution is 0.669. The fraction of sp³-hybridized carbons (Fsp3) is 0. The van der Waals surface area contributed by atoms with Gasteiger partial charge in [0.1, 0.15) is 11.2 Å². The van der Waals surface area contributed by atoms with Gasteiger partial charge < -0.3 is 4.42 Å². The van der Waals surface area contributed by atoms with E-state index in [0.717, 1.165) is 50.0 Å². The van der Waals surface area contributed by atoms with Crippen molar-refractivity contribution < 1.29 is 4.42 Å². The summed E-state index contributed by atoms with van der Waals surface area (Å²) in [7, 11) is 0. The van der Waals surface area contributed by atoms with Crippen LogP contribution in [0.25, 0.3) is 55.8 Å². The van der Waals surface area contributed by atoms with Gasteiger partial charge in [-0.25, -0.2) is 9.97 Å². The predicted molar refractivity (Wildman–Crippen MR) is 131 cm³/mol. The van der Waals surface area contributed by atoms with Crippen LogP contribution in [0.3, 0.4) is 0 Å². The Bertz CT molecular complexity index is 1520. The second-order valence-electron chi connectivity index (χ2n) is 7.62. The highest BCUT2D eigenvalue weighted by Gasteiger charge is 2.16. The zero-order valence-corrected chi connectivity index (χ0v) is 17.8. The van der Waals surface area contributed by atoms with Crippen molar-refractivity contribution in [3.8, 4) is 33.9 Å². The number of hydrogen-bond donors (Lipinski definition) is 0. The molecule has 4 heteroatoms. The highest BCUT2D eigenvalue weighted by Crippen LogP contribution is 2.38. The quantitative estimate of drug-likeness (QED) is 0.284. The number of benzene rings is 4. The Hall–Kier alpha value is -3.95. The Morgan fingerprint density at radius 2 is 1.31 bits per heavy atom. The predicted octanol–water partition coefficient (Wildman–Crippen LogP) is 8.03. The zero-order valence-electron chi connectivity index (χ0n) is 17.0. The highest BCUT2D eigenvalue weighted by atomic mass is 35.5. The Morgan fingerprint density at radius 1 is 0.594 bits per heavy atom. The van der Waals surface area contributed by atoms with Crippen LogP contribution >= 0.6 is 11.6 Å². The van der Waals surface area contributed by atoms with Crippen molar-refractivity contribution in [1.29, 1.82) is 0 Å². The lowest BCUT2D eigenvalue weighted by atomic mass is 10.0. The summed E-state index contributed by atoms with van der Waals surface area (Å²) in [5.74, 6) is 0.685. The first kappa shape index (κ1) is 18.8. The molecule has 0 bridgehead atoms.